The maximum Gasteiger partial charge on any atom is 0.187 e. The molecule has 2 aliphatic rings. The molecule has 0 N–H and O–H groups in total. The number of benzene rings is 8. The van der Waals surface area contributed by atoms with Crippen LogP contribution < -0.4 is 9.64 Å². The van der Waals surface area contributed by atoms with Crippen molar-refractivity contribution in [2.45, 2.75) is 12.1 Å². The van der Waals surface area contributed by atoms with Crippen molar-refractivity contribution in [3.05, 3.63) is 163 Å². The lowest BCUT2D eigenvalue weighted by Crippen LogP contribution is -2.32. The summed E-state index contributed by atoms with van der Waals surface area (Å²) in [6.45, 7) is 0. The smallest absolute Gasteiger partial charge is 0.187 e. The number of nitrogens with zero attached hydrogens (tertiary/aromatic N) is 1. The van der Waals surface area contributed by atoms with E-state index >= 15 is 0 Å². The highest BCUT2D eigenvalue weighted by molar-refractivity contribution is 6.27. The highest BCUT2D eigenvalue weighted by Crippen LogP contribution is 2.54. The molecule has 44 heavy (non-hydrogen) atoms. The van der Waals surface area contributed by atoms with E-state index in [1.54, 1.807) is 0 Å². The molecule has 2 heterocycles. The van der Waals surface area contributed by atoms with Crippen LogP contribution in [0.15, 0.2) is 152 Å². The van der Waals surface area contributed by atoms with E-state index in [1.165, 1.54) is 71.4 Å². The summed E-state index contributed by atoms with van der Waals surface area (Å²) in [6, 6.07) is 55.3. The predicted molar refractivity (Wildman–Crippen MR) is 182 cm³/mol. The van der Waals surface area contributed by atoms with Gasteiger partial charge < -0.3 is 9.64 Å². The quantitative estimate of drug-likeness (QED) is 0.199. The van der Waals surface area contributed by atoms with Crippen LogP contribution in [-0.4, -0.2) is 6.23 Å². The van der Waals surface area contributed by atoms with Crippen molar-refractivity contribution < 1.29 is 4.74 Å². The Morgan fingerprint density at radius 2 is 1.02 bits per heavy atom. The minimum Gasteiger partial charge on any atom is -0.469 e. The van der Waals surface area contributed by atoms with Gasteiger partial charge in [0.15, 0.2) is 6.23 Å². The number of ether oxygens (including phenoxy) is 1. The lowest BCUT2D eigenvalue weighted by Gasteiger charge is -2.27. The van der Waals surface area contributed by atoms with Gasteiger partial charge in [-0.2, -0.15) is 0 Å². The van der Waals surface area contributed by atoms with Crippen molar-refractivity contribution in [2.75, 3.05) is 4.90 Å². The van der Waals surface area contributed by atoms with E-state index in [2.05, 4.69) is 157 Å². The first kappa shape index (κ1) is 23.9. The van der Waals surface area contributed by atoms with E-state index in [0.29, 0.717) is 0 Å². The van der Waals surface area contributed by atoms with Gasteiger partial charge in [0.25, 0.3) is 0 Å². The van der Waals surface area contributed by atoms with E-state index in [-0.39, 0.29) is 12.1 Å². The molecule has 0 amide bonds. The molecule has 0 spiro atoms. The number of para-hydroxylation sites is 2. The van der Waals surface area contributed by atoms with E-state index in [1.807, 2.05) is 0 Å². The molecule has 2 atom stereocenters. The summed E-state index contributed by atoms with van der Waals surface area (Å²) in [5, 5.41) is 7.84. The fourth-order valence-corrected chi connectivity index (χ4v) is 7.84. The summed E-state index contributed by atoms with van der Waals surface area (Å²) >= 11 is 0. The molecule has 206 valence electrons. The van der Waals surface area contributed by atoms with Gasteiger partial charge in [-0.1, -0.05) is 127 Å². The van der Waals surface area contributed by atoms with Gasteiger partial charge in [-0.15, -0.1) is 0 Å². The van der Waals surface area contributed by atoms with E-state index in [4.69, 9.17) is 4.74 Å². The molecule has 2 nitrogen and oxygen atoms in total. The van der Waals surface area contributed by atoms with Crippen molar-refractivity contribution in [1.82, 2.24) is 0 Å². The lowest BCUT2D eigenvalue weighted by molar-refractivity contribution is 0.234. The molecule has 0 radical (unpaired) electrons. The average Bonchev–Trinajstić information content (AvgIpc) is 3.62. The van der Waals surface area contributed by atoms with Gasteiger partial charge in [-0.3, -0.25) is 0 Å². The zero-order chi connectivity index (χ0) is 28.8. The Kier molecular flexibility index (Phi) is 4.86. The van der Waals surface area contributed by atoms with Crippen LogP contribution >= 0.6 is 0 Å². The SMILES string of the molecule is c1ccc(-c2ccc3ccc4c(-c5ccc(N6c7ccccc7C7c8ccccc8OC76)cc5)ccc5ccc2c3c54)cc1. The number of hydrogen-bond acceptors (Lipinski definition) is 2. The molecule has 2 unspecified atom stereocenters. The fourth-order valence-electron chi connectivity index (χ4n) is 7.84. The summed E-state index contributed by atoms with van der Waals surface area (Å²) in [5.74, 6) is 1.20. The number of fused-ring (bicyclic) bond motifs is 5. The molecule has 0 aromatic heterocycles. The summed E-state index contributed by atoms with van der Waals surface area (Å²) < 4.78 is 6.59. The molecule has 0 bridgehead atoms. The Hall–Kier alpha value is -5.60. The van der Waals surface area contributed by atoms with Crippen molar-refractivity contribution in [3.63, 3.8) is 0 Å². The van der Waals surface area contributed by atoms with Crippen LogP contribution in [-0.2, 0) is 0 Å². The number of rotatable bonds is 3. The third-order valence-electron chi connectivity index (χ3n) is 9.78. The molecule has 0 saturated carbocycles. The Morgan fingerprint density at radius 1 is 0.455 bits per heavy atom. The van der Waals surface area contributed by atoms with Gasteiger partial charge in [0.05, 0.1) is 5.92 Å². The predicted octanol–water partition coefficient (Wildman–Crippen LogP) is 10.9. The van der Waals surface area contributed by atoms with E-state index < -0.39 is 0 Å². The van der Waals surface area contributed by atoms with Gasteiger partial charge in [-0.05, 0) is 84.4 Å². The van der Waals surface area contributed by atoms with Gasteiger partial charge >= 0.3 is 0 Å². The highest BCUT2D eigenvalue weighted by atomic mass is 16.5. The first-order valence-corrected chi connectivity index (χ1v) is 15.3. The first-order valence-electron chi connectivity index (χ1n) is 15.3. The molecule has 0 saturated heterocycles. The second kappa shape index (κ2) is 8.95. The van der Waals surface area contributed by atoms with Crippen LogP contribution in [0.3, 0.4) is 0 Å². The molecule has 0 fully saturated rings. The Morgan fingerprint density at radius 3 is 1.73 bits per heavy atom. The minimum atomic E-state index is -0.0796. The zero-order valence-electron chi connectivity index (χ0n) is 23.9. The van der Waals surface area contributed by atoms with Crippen LogP contribution in [0.2, 0.25) is 0 Å². The largest absolute Gasteiger partial charge is 0.469 e. The summed E-state index contributed by atoms with van der Waals surface area (Å²) in [5.41, 5.74) is 9.97. The molecule has 8 aromatic rings. The van der Waals surface area contributed by atoms with Crippen molar-refractivity contribution in [1.29, 1.82) is 0 Å². The maximum atomic E-state index is 6.59. The van der Waals surface area contributed by atoms with Crippen LogP contribution in [0.4, 0.5) is 11.4 Å². The van der Waals surface area contributed by atoms with Crippen molar-refractivity contribution >= 4 is 43.7 Å². The van der Waals surface area contributed by atoms with Gasteiger partial charge in [-0.25, -0.2) is 0 Å². The van der Waals surface area contributed by atoms with E-state index in [0.717, 1.165) is 11.4 Å². The second-order valence-corrected chi connectivity index (χ2v) is 12.0. The maximum absolute atomic E-state index is 6.59. The van der Waals surface area contributed by atoms with Crippen LogP contribution in [0.1, 0.15) is 17.0 Å². The van der Waals surface area contributed by atoms with Crippen molar-refractivity contribution in [2.24, 2.45) is 0 Å². The summed E-state index contributed by atoms with van der Waals surface area (Å²) in [6.07, 6.45) is -0.0796. The third kappa shape index (κ3) is 3.25. The van der Waals surface area contributed by atoms with E-state index in [9.17, 15) is 0 Å². The Bertz CT molecular complexity index is 2370. The molecular formula is C42H27NO. The molecule has 8 aromatic carbocycles. The van der Waals surface area contributed by atoms with Crippen LogP contribution in [0.25, 0.3) is 54.6 Å². The molecular weight excluding hydrogens is 534 g/mol. The van der Waals surface area contributed by atoms with Gasteiger partial charge in [0.2, 0.25) is 0 Å². The molecule has 10 rings (SSSR count). The summed E-state index contributed by atoms with van der Waals surface area (Å²) in [7, 11) is 0. The van der Waals surface area contributed by atoms with Gasteiger partial charge in [0, 0.05) is 16.9 Å². The number of hydrogen-bond donors (Lipinski definition) is 0. The highest BCUT2D eigenvalue weighted by Gasteiger charge is 2.46. The second-order valence-electron chi connectivity index (χ2n) is 12.0. The standard InChI is InChI=1S/C42H27NO/c1-2-8-26(9-3-1)31-22-16-28-19-25-34-32(23-17-29-18-24-33(31)39(28)40(29)34)27-14-20-30(21-15-27)43-37-12-6-4-10-35(37)41-36-11-5-7-13-38(36)44-42(41)43/h1-25,41-42H. The number of anilines is 2. The molecule has 0 aliphatic carbocycles. The third-order valence-corrected chi connectivity index (χ3v) is 9.78. The summed E-state index contributed by atoms with van der Waals surface area (Å²) in [4.78, 5) is 2.37. The van der Waals surface area contributed by atoms with Crippen LogP contribution in [0.5, 0.6) is 5.75 Å². The monoisotopic (exact) mass is 561 g/mol. The minimum absolute atomic E-state index is 0.0796. The average molecular weight is 562 g/mol. The fraction of sp³-hybridized carbons (Fsp3) is 0.0476. The van der Waals surface area contributed by atoms with Crippen molar-refractivity contribution in [3.8, 4) is 28.0 Å². The normalized spacial score (nSPS) is 16.8. The lowest BCUT2D eigenvalue weighted by atomic mass is 9.87. The zero-order valence-corrected chi connectivity index (χ0v) is 23.9. The van der Waals surface area contributed by atoms with Crippen LogP contribution in [0, 0.1) is 0 Å². The van der Waals surface area contributed by atoms with Gasteiger partial charge in [0.1, 0.15) is 5.75 Å². The molecule has 2 heteroatoms. The molecule has 2 aliphatic heterocycles. The topological polar surface area (TPSA) is 12.5 Å². The Balaban J connectivity index is 1.10. The first-order chi connectivity index (χ1) is 21.8. The Labute approximate surface area is 255 Å².